The molecule has 0 saturated carbocycles. The molecule has 112 valence electrons. The van der Waals surface area contributed by atoms with Crippen molar-refractivity contribution >= 4 is 16.8 Å². The number of aromatic nitrogens is 1. The second kappa shape index (κ2) is 5.77. The normalized spacial score (nSPS) is 16.5. The van der Waals surface area contributed by atoms with Crippen molar-refractivity contribution in [2.45, 2.75) is 19.3 Å². The Morgan fingerprint density at radius 2 is 2.05 bits per heavy atom. The number of hydrogen-bond donors (Lipinski definition) is 3. The second-order valence-electron chi connectivity index (χ2n) is 5.70. The molecular weight excluding hydrogens is 268 g/mol. The van der Waals surface area contributed by atoms with Crippen LogP contribution in [0.1, 0.15) is 29.8 Å². The summed E-state index contributed by atoms with van der Waals surface area (Å²) in [5, 5.41) is 19.3. The number of benzene rings is 1. The number of rotatable bonds is 3. The summed E-state index contributed by atoms with van der Waals surface area (Å²) in [5.41, 5.74) is 1.42. The van der Waals surface area contributed by atoms with Crippen LogP contribution in [0.4, 0.5) is 0 Å². The van der Waals surface area contributed by atoms with Gasteiger partial charge < -0.3 is 20.1 Å². The van der Waals surface area contributed by atoms with E-state index in [1.807, 2.05) is 4.90 Å². The molecule has 1 aromatic carbocycles. The van der Waals surface area contributed by atoms with E-state index in [1.54, 1.807) is 24.3 Å². The van der Waals surface area contributed by atoms with Crippen LogP contribution in [0, 0.1) is 5.92 Å². The number of phenols is 1. The molecule has 2 aromatic rings. The van der Waals surface area contributed by atoms with Crippen LogP contribution in [0.25, 0.3) is 10.9 Å². The number of phenolic OH excluding ortho intramolecular Hbond substituents is 1. The molecule has 5 heteroatoms. The first kappa shape index (κ1) is 13.9. The number of H-pyrrole nitrogens is 1. The quantitative estimate of drug-likeness (QED) is 0.809. The van der Waals surface area contributed by atoms with Crippen LogP contribution in [0.2, 0.25) is 0 Å². The molecule has 3 N–H and O–H groups in total. The van der Waals surface area contributed by atoms with Crippen LogP contribution in [0.5, 0.6) is 5.75 Å². The molecule has 1 amide bonds. The fourth-order valence-corrected chi connectivity index (χ4v) is 3.01. The predicted octanol–water partition coefficient (Wildman–Crippen LogP) is 2.11. The van der Waals surface area contributed by atoms with E-state index in [2.05, 4.69) is 4.98 Å². The zero-order chi connectivity index (χ0) is 14.8. The molecule has 1 fully saturated rings. The van der Waals surface area contributed by atoms with Crippen LogP contribution >= 0.6 is 0 Å². The summed E-state index contributed by atoms with van der Waals surface area (Å²) >= 11 is 0. The predicted molar refractivity (Wildman–Crippen MR) is 80.3 cm³/mol. The lowest BCUT2D eigenvalue weighted by molar-refractivity contribution is 0.0673. The Balaban J connectivity index is 1.72. The summed E-state index contributed by atoms with van der Waals surface area (Å²) in [4.78, 5) is 17.5. The van der Waals surface area contributed by atoms with Crippen molar-refractivity contribution in [3.05, 3.63) is 30.0 Å². The minimum Gasteiger partial charge on any atom is -0.508 e. The molecule has 0 unspecified atom stereocenters. The SMILES string of the molecule is O=C(c1cc2cc(O)ccc2[nH]1)N1CCC(CCO)CC1. The Morgan fingerprint density at radius 1 is 1.29 bits per heavy atom. The highest BCUT2D eigenvalue weighted by atomic mass is 16.3. The Kier molecular flexibility index (Phi) is 3.84. The molecule has 0 radical (unpaired) electrons. The molecular formula is C16H20N2O3. The monoisotopic (exact) mass is 288 g/mol. The lowest BCUT2D eigenvalue weighted by atomic mass is 9.94. The number of aromatic hydroxyl groups is 1. The largest absolute Gasteiger partial charge is 0.508 e. The summed E-state index contributed by atoms with van der Waals surface area (Å²) in [6.45, 7) is 1.71. The van der Waals surface area contributed by atoms with E-state index in [0.29, 0.717) is 11.6 Å². The van der Waals surface area contributed by atoms with E-state index in [4.69, 9.17) is 5.11 Å². The first-order valence-corrected chi connectivity index (χ1v) is 7.39. The number of carbonyl (C=O) groups excluding carboxylic acids is 1. The number of amides is 1. The fourth-order valence-electron chi connectivity index (χ4n) is 3.01. The van der Waals surface area contributed by atoms with E-state index < -0.39 is 0 Å². The van der Waals surface area contributed by atoms with Gasteiger partial charge in [0.1, 0.15) is 11.4 Å². The number of aliphatic hydroxyl groups is 1. The summed E-state index contributed by atoms with van der Waals surface area (Å²) in [6, 6.07) is 6.82. The summed E-state index contributed by atoms with van der Waals surface area (Å²) < 4.78 is 0. The van der Waals surface area contributed by atoms with Crippen molar-refractivity contribution in [3.8, 4) is 5.75 Å². The van der Waals surface area contributed by atoms with Gasteiger partial charge in [-0.25, -0.2) is 0 Å². The van der Waals surface area contributed by atoms with E-state index in [9.17, 15) is 9.90 Å². The van der Waals surface area contributed by atoms with Gasteiger partial charge in [-0.1, -0.05) is 0 Å². The van der Waals surface area contributed by atoms with Crippen molar-refractivity contribution in [2.75, 3.05) is 19.7 Å². The molecule has 1 aliphatic rings. The van der Waals surface area contributed by atoms with Gasteiger partial charge in [0.15, 0.2) is 0 Å². The molecule has 0 spiro atoms. The summed E-state index contributed by atoms with van der Waals surface area (Å²) in [6.07, 6.45) is 2.73. The smallest absolute Gasteiger partial charge is 0.270 e. The van der Waals surface area contributed by atoms with Gasteiger partial charge in [0.2, 0.25) is 0 Å². The Hall–Kier alpha value is -2.01. The van der Waals surface area contributed by atoms with Crippen molar-refractivity contribution < 1.29 is 15.0 Å². The minimum absolute atomic E-state index is 0.00754. The van der Waals surface area contributed by atoms with Crippen LogP contribution in [0.3, 0.4) is 0 Å². The second-order valence-corrected chi connectivity index (χ2v) is 5.70. The first-order chi connectivity index (χ1) is 10.2. The van der Waals surface area contributed by atoms with Gasteiger partial charge in [-0.15, -0.1) is 0 Å². The van der Waals surface area contributed by atoms with Crippen LogP contribution in [0.15, 0.2) is 24.3 Å². The summed E-state index contributed by atoms with van der Waals surface area (Å²) in [7, 11) is 0. The maximum absolute atomic E-state index is 12.5. The molecule has 3 rings (SSSR count). The average molecular weight is 288 g/mol. The number of nitrogens with zero attached hydrogens (tertiary/aromatic N) is 1. The van der Waals surface area contributed by atoms with Crippen LogP contribution in [-0.4, -0.2) is 45.7 Å². The Morgan fingerprint density at radius 3 is 2.76 bits per heavy atom. The van der Waals surface area contributed by atoms with Gasteiger partial charge in [-0.3, -0.25) is 4.79 Å². The Labute approximate surface area is 123 Å². The van der Waals surface area contributed by atoms with Gasteiger partial charge in [-0.05, 0) is 49.4 Å². The standard InChI is InChI=1S/C16H20N2O3/c19-8-5-11-3-6-18(7-4-11)16(21)15-10-12-9-13(20)1-2-14(12)17-15/h1-2,9-11,17,19-20H,3-8H2. The van der Waals surface area contributed by atoms with Crippen LogP contribution < -0.4 is 0 Å². The highest BCUT2D eigenvalue weighted by Gasteiger charge is 2.24. The maximum Gasteiger partial charge on any atom is 0.270 e. The number of carbonyl (C=O) groups is 1. The van der Waals surface area contributed by atoms with Gasteiger partial charge in [0.05, 0.1) is 0 Å². The lowest BCUT2D eigenvalue weighted by Crippen LogP contribution is -2.38. The van der Waals surface area contributed by atoms with Gasteiger partial charge in [0.25, 0.3) is 5.91 Å². The highest BCUT2D eigenvalue weighted by molar-refractivity contribution is 5.98. The third-order valence-electron chi connectivity index (χ3n) is 4.27. The first-order valence-electron chi connectivity index (χ1n) is 7.39. The van der Waals surface area contributed by atoms with E-state index >= 15 is 0 Å². The van der Waals surface area contributed by atoms with Gasteiger partial charge in [0, 0.05) is 30.6 Å². The molecule has 1 aliphatic heterocycles. The number of piperidine rings is 1. The maximum atomic E-state index is 12.5. The van der Waals surface area contributed by atoms with E-state index in [-0.39, 0.29) is 18.3 Å². The zero-order valence-corrected chi connectivity index (χ0v) is 11.9. The molecule has 21 heavy (non-hydrogen) atoms. The highest BCUT2D eigenvalue weighted by Crippen LogP contribution is 2.24. The third-order valence-corrected chi connectivity index (χ3v) is 4.27. The average Bonchev–Trinajstić information content (AvgIpc) is 2.90. The number of nitrogens with one attached hydrogen (secondary N) is 1. The zero-order valence-electron chi connectivity index (χ0n) is 11.9. The van der Waals surface area contributed by atoms with Crippen molar-refractivity contribution in [1.82, 2.24) is 9.88 Å². The molecule has 0 atom stereocenters. The lowest BCUT2D eigenvalue weighted by Gasteiger charge is -2.31. The van der Waals surface area contributed by atoms with Crippen LogP contribution in [-0.2, 0) is 0 Å². The van der Waals surface area contributed by atoms with Crippen molar-refractivity contribution in [1.29, 1.82) is 0 Å². The molecule has 0 bridgehead atoms. The molecule has 0 aliphatic carbocycles. The van der Waals surface area contributed by atoms with E-state index in [0.717, 1.165) is 43.3 Å². The third kappa shape index (κ3) is 2.88. The molecule has 1 saturated heterocycles. The molecule has 2 heterocycles. The van der Waals surface area contributed by atoms with Gasteiger partial charge in [-0.2, -0.15) is 0 Å². The van der Waals surface area contributed by atoms with Crippen molar-refractivity contribution in [3.63, 3.8) is 0 Å². The molecule has 5 nitrogen and oxygen atoms in total. The number of likely N-dealkylation sites (tertiary alicyclic amines) is 1. The number of hydrogen-bond acceptors (Lipinski definition) is 3. The van der Waals surface area contributed by atoms with Gasteiger partial charge >= 0.3 is 0 Å². The number of fused-ring (bicyclic) bond motifs is 1. The summed E-state index contributed by atoms with van der Waals surface area (Å²) in [5.74, 6) is 0.733. The Bertz CT molecular complexity index is 642. The minimum atomic E-state index is 0.00754. The topological polar surface area (TPSA) is 76.6 Å². The number of aliphatic hydroxyl groups excluding tert-OH is 1. The fraction of sp³-hybridized carbons (Fsp3) is 0.438. The van der Waals surface area contributed by atoms with Crippen molar-refractivity contribution in [2.24, 2.45) is 5.92 Å². The van der Waals surface area contributed by atoms with E-state index in [1.165, 1.54) is 0 Å². The number of aromatic amines is 1. The molecule has 1 aromatic heterocycles.